The van der Waals surface area contributed by atoms with Crippen molar-refractivity contribution >= 4 is 38.9 Å². The van der Waals surface area contributed by atoms with Crippen LogP contribution in [0, 0.1) is 0 Å². The highest BCUT2D eigenvalue weighted by molar-refractivity contribution is 9.10. The molecule has 0 saturated carbocycles. The van der Waals surface area contributed by atoms with Crippen LogP contribution in [-0.4, -0.2) is 25.5 Å². The molecule has 0 spiro atoms. The summed E-state index contributed by atoms with van der Waals surface area (Å²) >= 11 is 3.43. The van der Waals surface area contributed by atoms with Gasteiger partial charge in [-0.3, -0.25) is 4.79 Å². The Morgan fingerprint density at radius 3 is 2.42 bits per heavy atom. The lowest BCUT2D eigenvalue weighted by Crippen LogP contribution is -2.29. The van der Waals surface area contributed by atoms with Gasteiger partial charge in [0.15, 0.2) is 0 Å². The fourth-order valence-electron chi connectivity index (χ4n) is 2.88. The van der Waals surface area contributed by atoms with E-state index in [-0.39, 0.29) is 12.5 Å². The summed E-state index contributed by atoms with van der Waals surface area (Å²) in [6, 6.07) is 15.9. The van der Waals surface area contributed by atoms with Gasteiger partial charge in [0.2, 0.25) is 5.91 Å². The molecule has 2 aromatic rings. The lowest BCUT2D eigenvalue weighted by atomic mass is 10.1. The Balaban J connectivity index is 1.51. The lowest BCUT2D eigenvalue weighted by molar-refractivity contribution is -0.114. The molecular weight excluding hydrogens is 366 g/mol. The largest absolute Gasteiger partial charge is 0.376 e. The molecule has 0 atom stereocenters. The van der Waals surface area contributed by atoms with Gasteiger partial charge in [-0.05, 0) is 71.6 Å². The van der Waals surface area contributed by atoms with Gasteiger partial charge in [0, 0.05) is 28.9 Å². The topological polar surface area (TPSA) is 44.4 Å². The van der Waals surface area contributed by atoms with Crippen LogP contribution in [0.25, 0.3) is 0 Å². The third kappa shape index (κ3) is 4.51. The summed E-state index contributed by atoms with van der Waals surface area (Å²) in [6.07, 6.45) is 3.88. The minimum Gasteiger partial charge on any atom is -0.376 e. The third-order valence-electron chi connectivity index (χ3n) is 4.19. The molecule has 5 heteroatoms. The predicted molar refractivity (Wildman–Crippen MR) is 104 cm³/mol. The molecule has 0 aliphatic carbocycles. The van der Waals surface area contributed by atoms with E-state index in [1.54, 1.807) is 0 Å². The fraction of sp³-hybridized carbons (Fsp3) is 0.316. The molecular formula is C19H22BrN3O. The number of nitrogens with one attached hydrogen (secondary N) is 2. The summed E-state index contributed by atoms with van der Waals surface area (Å²) in [7, 11) is 0. The molecule has 2 N–H and O–H groups in total. The summed E-state index contributed by atoms with van der Waals surface area (Å²) in [5.74, 6) is -0.0676. The summed E-state index contributed by atoms with van der Waals surface area (Å²) in [4.78, 5) is 14.5. The van der Waals surface area contributed by atoms with E-state index in [0.717, 1.165) is 28.9 Å². The second-order valence-corrected chi connectivity index (χ2v) is 6.83. The second kappa shape index (κ2) is 8.20. The molecule has 24 heavy (non-hydrogen) atoms. The number of para-hydroxylation sites is 1. The predicted octanol–water partition coefficient (Wildman–Crippen LogP) is 4.49. The van der Waals surface area contributed by atoms with Gasteiger partial charge in [0.25, 0.3) is 0 Å². The van der Waals surface area contributed by atoms with E-state index in [1.807, 2.05) is 36.4 Å². The average Bonchev–Trinajstić information content (AvgIpc) is 2.63. The number of piperidine rings is 1. The maximum atomic E-state index is 12.0. The number of halogens is 1. The van der Waals surface area contributed by atoms with Crippen LogP contribution in [0.1, 0.15) is 19.3 Å². The summed E-state index contributed by atoms with van der Waals surface area (Å²) in [5.41, 5.74) is 3.00. The quantitative estimate of drug-likeness (QED) is 0.793. The number of benzene rings is 2. The van der Waals surface area contributed by atoms with E-state index in [1.165, 1.54) is 24.9 Å². The highest BCUT2D eigenvalue weighted by Crippen LogP contribution is 2.22. The first-order valence-electron chi connectivity index (χ1n) is 8.35. The van der Waals surface area contributed by atoms with E-state index >= 15 is 0 Å². The highest BCUT2D eigenvalue weighted by Gasteiger charge is 2.10. The first kappa shape index (κ1) is 16.8. The van der Waals surface area contributed by atoms with Crippen LogP contribution >= 0.6 is 15.9 Å². The molecule has 1 aliphatic rings. The Morgan fingerprint density at radius 1 is 1.00 bits per heavy atom. The van der Waals surface area contributed by atoms with E-state index < -0.39 is 0 Å². The number of carbonyl (C=O) groups excluding carboxylic acids is 1. The normalized spacial score (nSPS) is 14.3. The van der Waals surface area contributed by atoms with Crippen molar-refractivity contribution in [1.29, 1.82) is 0 Å². The number of amides is 1. The first-order valence-corrected chi connectivity index (χ1v) is 9.15. The van der Waals surface area contributed by atoms with Crippen molar-refractivity contribution in [3.8, 4) is 0 Å². The van der Waals surface area contributed by atoms with Gasteiger partial charge in [-0.15, -0.1) is 0 Å². The molecule has 4 nitrogen and oxygen atoms in total. The van der Waals surface area contributed by atoms with Crippen LogP contribution < -0.4 is 15.5 Å². The van der Waals surface area contributed by atoms with Crippen LogP contribution in [0.15, 0.2) is 53.0 Å². The van der Waals surface area contributed by atoms with Gasteiger partial charge in [0.05, 0.1) is 12.2 Å². The molecule has 126 valence electrons. The lowest BCUT2D eigenvalue weighted by Gasteiger charge is -2.28. The molecule has 1 heterocycles. The van der Waals surface area contributed by atoms with E-state index in [0.29, 0.717) is 0 Å². The van der Waals surface area contributed by atoms with Crippen LogP contribution in [-0.2, 0) is 4.79 Å². The van der Waals surface area contributed by atoms with Crippen molar-refractivity contribution in [2.75, 3.05) is 35.2 Å². The van der Waals surface area contributed by atoms with Crippen molar-refractivity contribution in [2.45, 2.75) is 19.3 Å². The van der Waals surface area contributed by atoms with Gasteiger partial charge >= 0.3 is 0 Å². The number of hydrogen-bond donors (Lipinski definition) is 2. The molecule has 0 radical (unpaired) electrons. The molecule has 0 aromatic heterocycles. The summed E-state index contributed by atoms with van der Waals surface area (Å²) < 4.78 is 0.879. The number of rotatable bonds is 5. The first-order chi connectivity index (χ1) is 11.7. The van der Waals surface area contributed by atoms with E-state index in [9.17, 15) is 4.79 Å². The SMILES string of the molecule is O=C(CNc1ccc(N2CCCCC2)cc1)Nc1ccccc1Br. The smallest absolute Gasteiger partial charge is 0.243 e. The van der Waals surface area contributed by atoms with Crippen molar-refractivity contribution < 1.29 is 4.79 Å². The Kier molecular flexibility index (Phi) is 5.75. The molecule has 1 amide bonds. The summed E-state index contributed by atoms with van der Waals surface area (Å²) in [5, 5.41) is 6.06. The number of carbonyl (C=O) groups is 1. The maximum Gasteiger partial charge on any atom is 0.243 e. The number of hydrogen-bond acceptors (Lipinski definition) is 3. The Labute approximate surface area is 151 Å². The van der Waals surface area contributed by atoms with Crippen LogP contribution in [0.4, 0.5) is 17.1 Å². The molecule has 0 unspecified atom stereocenters. The maximum absolute atomic E-state index is 12.0. The van der Waals surface area contributed by atoms with E-state index in [2.05, 4.69) is 43.6 Å². The average molecular weight is 388 g/mol. The molecule has 2 aromatic carbocycles. The standard InChI is InChI=1S/C19H22BrN3O/c20-17-6-2-3-7-18(17)22-19(24)14-21-15-8-10-16(11-9-15)23-12-4-1-5-13-23/h2-3,6-11,21H,1,4-5,12-14H2,(H,22,24). The molecule has 1 aliphatic heterocycles. The van der Waals surface area contributed by atoms with Crippen LogP contribution in [0.5, 0.6) is 0 Å². The third-order valence-corrected chi connectivity index (χ3v) is 4.88. The second-order valence-electron chi connectivity index (χ2n) is 5.98. The monoisotopic (exact) mass is 387 g/mol. The zero-order valence-corrected chi connectivity index (χ0v) is 15.2. The van der Waals surface area contributed by atoms with Gasteiger partial charge < -0.3 is 15.5 Å². The number of nitrogens with zero attached hydrogens (tertiary/aromatic N) is 1. The van der Waals surface area contributed by atoms with Crippen molar-refractivity contribution in [3.63, 3.8) is 0 Å². The van der Waals surface area contributed by atoms with Crippen LogP contribution in [0.2, 0.25) is 0 Å². The fourth-order valence-corrected chi connectivity index (χ4v) is 3.27. The Morgan fingerprint density at radius 2 is 1.71 bits per heavy atom. The molecule has 0 bridgehead atoms. The summed E-state index contributed by atoms with van der Waals surface area (Å²) in [6.45, 7) is 2.52. The van der Waals surface area contributed by atoms with Crippen molar-refractivity contribution in [2.24, 2.45) is 0 Å². The van der Waals surface area contributed by atoms with Crippen molar-refractivity contribution in [1.82, 2.24) is 0 Å². The number of anilines is 3. The molecule has 1 fully saturated rings. The molecule has 1 saturated heterocycles. The zero-order valence-electron chi connectivity index (χ0n) is 13.6. The van der Waals surface area contributed by atoms with Gasteiger partial charge in [-0.25, -0.2) is 0 Å². The van der Waals surface area contributed by atoms with Crippen molar-refractivity contribution in [3.05, 3.63) is 53.0 Å². The highest BCUT2D eigenvalue weighted by atomic mass is 79.9. The van der Waals surface area contributed by atoms with Gasteiger partial charge in [-0.1, -0.05) is 12.1 Å². The van der Waals surface area contributed by atoms with Gasteiger partial charge in [-0.2, -0.15) is 0 Å². The Hall–Kier alpha value is -2.01. The Bertz CT molecular complexity index is 681. The zero-order chi connectivity index (χ0) is 16.8. The van der Waals surface area contributed by atoms with E-state index in [4.69, 9.17) is 0 Å². The van der Waals surface area contributed by atoms with Gasteiger partial charge in [0.1, 0.15) is 0 Å². The minimum absolute atomic E-state index is 0.0676. The molecule has 3 rings (SSSR count). The minimum atomic E-state index is -0.0676. The van der Waals surface area contributed by atoms with Crippen LogP contribution in [0.3, 0.4) is 0 Å².